The van der Waals surface area contributed by atoms with Crippen LogP contribution in [0.2, 0.25) is 0 Å². The number of anilines is 1. The third kappa shape index (κ3) is 2.86. The quantitative estimate of drug-likeness (QED) is 0.786. The first kappa shape index (κ1) is 13.2. The summed E-state index contributed by atoms with van der Waals surface area (Å²) in [6, 6.07) is 3.88. The number of nitrogens with zero attached hydrogens (tertiary/aromatic N) is 6. The minimum Gasteiger partial charge on any atom is -0.354 e. The van der Waals surface area contributed by atoms with E-state index in [9.17, 15) is 0 Å². The van der Waals surface area contributed by atoms with E-state index in [-0.39, 0.29) is 0 Å². The molecule has 7 heteroatoms. The first-order valence-corrected chi connectivity index (χ1v) is 6.67. The van der Waals surface area contributed by atoms with Gasteiger partial charge in [-0.3, -0.25) is 9.55 Å². The molecule has 0 radical (unpaired) electrons. The number of hydrogen-bond acceptors (Lipinski definition) is 6. The number of aromatic nitrogens is 6. The van der Waals surface area contributed by atoms with Crippen molar-refractivity contribution >= 4 is 5.95 Å². The predicted molar refractivity (Wildman–Crippen MR) is 79.1 cm³/mol. The van der Waals surface area contributed by atoms with Gasteiger partial charge in [-0.2, -0.15) is 15.0 Å². The molecule has 3 aromatic rings. The molecule has 3 aromatic heterocycles. The Bertz CT molecular complexity index is 720. The predicted octanol–water partition coefficient (Wildman–Crippen LogP) is 1.86. The summed E-state index contributed by atoms with van der Waals surface area (Å²) in [7, 11) is 0. The highest BCUT2D eigenvalue weighted by molar-refractivity contribution is 5.55. The van der Waals surface area contributed by atoms with Gasteiger partial charge in [-0.05, 0) is 26.0 Å². The summed E-state index contributed by atoms with van der Waals surface area (Å²) in [4.78, 5) is 21.6. The fourth-order valence-corrected chi connectivity index (χ4v) is 1.82. The van der Waals surface area contributed by atoms with Crippen molar-refractivity contribution in [2.45, 2.75) is 13.8 Å². The molecule has 7 nitrogen and oxygen atoms in total. The highest BCUT2D eigenvalue weighted by Crippen LogP contribution is 2.17. The van der Waals surface area contributed by atoms with Crippen molar-refractivity contribution < 1.29 is 0 Å². The summed E-state index contributed by atoms with van der Waals surface area (Å²) in [6.07, 6.45) is 6.90. The van der Waals surface area contributed by atoms with E-state index in [2.05, 4.69) is 30.2 Å². The number of pyridine rings is 1. The molecule has 1 N–H and O–H groups in total. The zero-order valence-electron chi connectivity index (χ0n) is 11.9. The molecule has 3 rings (SSSR count). The maximum absolute atomic E-state index is 4.48. The molecule has 0 fully saturated rings. The average molecular weight is 281 g/mol. The molecule has 0 aliphatic carbocycles. The van der Waals surface area contributed by atoms with Crippen molar-refractivity contribution in [3.05, 3.63) is 42.7 Å². The summed E-state index contributed by atoms with van der Waals surface area (Å²) in [5, 5.41) is 3.12. The zero-order chi connectivity index (χ0) is 14.7. The van der Waals surface area contributed by atoms with E-state index in [1.807, 2.05) is 26.0 Å². The van der Waals surface area contributed by atoms with Crippen LogP contribution in [0.15, 0.2) is 37.1 Å². The first-order valence-electron chi connectivity index (χ1n) is 6.67. The van der Waals surface area contributed by atoms with Crippen molar-refractivity contribution in [2.75, 3.05) is 11.9 Å². The molecule has 0 aliphatic heterocycles. The maximum Gasteiger partial charge on any atom is 0.240 e. The van der Waals surface area contributed by atoms with Crippen molar-refractivity contribution in [2.24, 2.45) is 0 Å². The van der Waals surface area contributed by atoms with Crippen LogP contribution in [0.3, 0.4) is 0 Å². The zero-order valence-corrected chi connectivity index (χ0v) is 11.9. The Hall–Kier alpha value is -2.83. The minimum atomic E-state index is 0.522. The molecule has 0 saturated heterocycles. The van der Waals surface area contributed by atoms with Crippen LogP contribution >= 0.6 is 0 Å². The van der Waals surface area contributed by atoms with E-state index in [1.165, 1.54) is 0 Å². The second kappa shape index (κ2) is 5.66. The standard InChI is InChI=1S/C14H15N7/c1-3-16-13-18-12(11-5-4-10(2)17-8-11)19-14(20-13)21-7-6-15-9-21/h4-9H,3H2,1-2H3,(H,16,18,19,20). The van der Waals surface area contributed by atoms with E-state index in [1.54, 1.807) is 29.5 Å². The van der Waals surface area contributed by atoms with Gasteiger partial charge < -0.3 is 5.32 Å². The monoisotopic (exact) mass is 281 g/mol. The van der Waals surface area contributed by atoms with Crippen LogP contribution in [-0.4, -0.2) is 36.0 Å². The maximum atomic E-state index is 4.48. The Morgan fingerprint density at radius 1 is 1.19 bits per heavy atom. The van der Waals surface area contributed by atoms with Crippen LogP contribution in [0.25, 0.3) is 17.3 Å². The first-order chi connectivity index (χ1) is 10.3. The summed E-state index contributed by atoms with van der Waals surface area (Å²) < 4.78 is 1.74. The normalized spacial score (nSPS) is 10.6. The van der Waals surface area contributed by atoms with Crippen LogP contribution in [0.4, 0.5) is 5.95 Å². The molecule has 0 atom stereocenters. The highest BCUT2D eigenvalue weighted by atomic mass is 15.2. The fraction of sp³-hybridized carbons (Fsp3) is 0.214. The molecule has 21 heavy (non-hydrogen) atoms. The lowest BCUT2D eigenvalue weighted by Crippen LogP contribution is -2.09. The molecule has 0 unspecified atom stereocenters. The average Bonchev–Trinajstić information content (AvgIpc) is 3.02. The molecule has 0 spiro atoms. The molecule has 106 valence electrons. The van der Waals surface area contributed by atoms with Gasteiger partial charge in [-0.1, -0.05) is 0 Å². The summed E-state index contributed by atoms with van der Waals surface area (Å²) in [5.41, 5.74) is 1.80. The van der Waals surface area contributed by atoms with Gasteiger partial charge in [0.15, 0.2) is 5.82 Å². The molecule has 0 aliphatic rings. The Labute approximate surface area is 122 Å². The molecule has 0 amide bonds. The second-order valence-electron chi connectivity index (χ2n) is 4.47. The van der Waals surface area contributed by atoms with Gasteiger partial charge >= 0.3 is 0 Å². The second-order valence-corrected chi connectivity index (χ2v) is 4.47. The largest absolute Gasteiger partial charge is 0.354 e. The molecule has 0 aromatic carbocycles. The Morgan fingerprint density at radius 3 is 2.76 bits per heavy atom. The van der Waals surface area contributed by atoms with Gasteiger partial charge in [0, 0.05) is 36.4 Å². The topological polar surface area (TPSA) is 81.4 Å². The Balaban J connectivity index is 2.09. The third-order valence-corrected chi connectivity index (χ3v) is 2.86. The lowest BCUT2D eigenvalue weighted by Gasteiger charge is -2.08. The van der Waals surface area contributed by atoms with Crippen LogP contribution < -0.4 is 5.32 Å². The highest BCUT2D eigenvalue weighted by Gasteiger charge is 2.09. The van der Waals surface area contributed by atoms with Crippen molar-refractivity contribution in [3.8, 4) is 17.3 Å². The minimum absolute atomic E-state index is 0.522. The lowest BCUT2D eigenvalue weighted by atomic mass is 10.2. The number of hydrogen-bond donors (Lipinski definition) is 1. The fourth-order valence-electron chi connectivity index (χ4n) is 1.82. The van der Waals surface area contributed by atoms with Gasteiger partial charge in [-0.25, -0.2) is 4.98 Å². The molecule has 3 heterocycles. The summed E-state index contributed by atoms with van der Waals surface area (Å²) >= 11 is 0. The summed E-state index contributed by atoms with van der Waals surface area (Å²) in [5.74, 6) is 1.64. The SMILES string of the molecule is CCNc1nc(-c2ccc(C)nc2)nc(-n2ccnc2)n1. The van der Waals surface area contributed by atoms with Gasteiger partial charge in [0.25, 0.3) is 0 Å². The van der Waals surface area contributed by atoms with Gasteiger partial charge in [-0.15, -0.1) is 0 Å². The Morgan fingerprint density at radius 2 is 2.10 bits per heavy atom. The van der Waals surface area contributed by atoms with E-state index in [0.717, 1.165) is 17.8 Å². The van der Waals surface area contributed by atoms with E-state index in [0.29, 0.717) is 17.7 Å². The van der Waals surface area contributed by atoms with E-state index in [4.69, 9.17) is 0 Å². The molecule has 0 saturated carbocycles. The lowest BCUT2D eigenvalue weighted by molar-refractivity contribution is 0.896. The molecular weight excluding hydrogens is 266 g/mol. The smallest absolute Gasteiger partial charge is 0.240 e. The number of nitrogens with one attached hydrogen (secondary N) is 1. The van der Waals surface area contributed by atoms with Crippen molar-refractivity contribution in [1.29, 1.82) is 0 Å². The van der Waals surface area contributed by atoms with Gasteiger partial charge in [0.2, 0.25) is 11.9 Å². The third-order valence-electron chi connectivity index (χ3n) is 2.86. The Kier molecular flexibility index (Phi) is 3.55. The van der Waals surface area contributed by atoms with Crippen molar-refractivity contribution in [3.63, 3.8) is 0 Å². The molecular formula is C14H15N7. The summed E-state index contributed by atoms with van der Waals surface area (Å²) in [6.45, 7) is 4.67. The van der Waals surface area contributed by atoms with E-state index < -0.39 is 0 Å². The van der Waals surface area contributed by atoms with Crippen LogP contribution in [-0.2, 0) is 0 Å². The van der Waals surface area contributed by atoms with Crippen LogP contribution in [0.1, 0.15) is 12.6 Å². The number of aryl methyl sites for hydroxylation is 1. The van der Waals surface area contributed by atoms with Crippen LogP contribution in [0.5, 0.6) is 0 Å². The van der Waals surface area contributed by atoms with Crippen LogP contribution in [0, 0.1) is 6.92 Å². The number of imidazole rings is 1. The van der Waals surface area contributed by atoms with Gasteiger partial charge in [0.1, 0.15) is 6.33 Å². The molecule has 0 bridgehead atoms. The van der Waals surface area contributed by atoms with Crippen molar-refractivity contribution in [1.82, 2.24) is 29.5 Å². The van der Waals surface area contributed by atoms with Gasteiger partial charge in [0.05, 0.1) is 0 Å². The van der Waals surface area contributed by atoms with E-state index >= 15 is 0 Å². The number of rotatable bonds is 4.